The van der Waals surface area contributed by atoms with E-state index in [1.54, 1.807) is 4.90 Å². The number of likely N-dealkylation sites (tertiary alicyclic amines) is 1. The molecule has 1 unspecified atom stereocenters. The fourth-order valence-corrected chi connectivity index (χ4v) is 2.14. The fraction of sp³-hybridized carbons (Fsp3) is 0.417. The number of phenols is 1. The van der Waals surface area contributed by atoms with E-state index < -0.39 is 6.10 Å². The Morgan fingerprint density at radius 3 is 2.88 bits per heavy atom. The van der Waals surface area contributed by atoms with E-state index in [-0.39, 0.29) is 16.7 Å². The third-order valence-corrected chi connectivity index (χ3v) is 3.18. The molecule has 1 aliphatic rings. The van der Waals surface area contributed by atoms with Crippen LogP contribution in [0.15, 0.2) is 18.2 Å². The quantitative estimate of drug-likeness (QED) is 0.802. The SMILES string of the molecule is O=C(c1ccc(O)c(Cl)c1)N1CCCC(O)C1. The Labute approximate surface area is 104 Å². The summed E-state index contributed by atoms with van der Waals surface area (Å²) in [5, 5.41) is 19.0. The van der Waals surface area contributed by atoms with Crippen LogP contribution < -0.4 is 0 Å². The highest BCUT2D eigenvalue weighted by Gasteiger charge is 2.23. The van der Waals surface area contributed by atoms with Crippen molar-refractivity contribution in [3.8, 4) is 5.75 Å². The number of aromatic hydroxyl groups is 1. The second-order valence-corrected chi connectivity index (χ2v) is 4.62. The van der Waals surface area contributed by atoms with Gasteiger partial charge in [0.15, 0.2) is 0 Å². The van der Waals surface area contributed by atoms with Gasteiger partial charge in [-0.25, -0.2) is 0 Å². The molecular formula is C12H14ClNO3. The maximum atomic E-state index is 12.1. The standard InChI is InChI=1S/C12H14ClNO3/c13-10-6-8(3-4-11(10)16)12(17)14-5-1-2-9(15)7-14/h3-4,6,9,15-16H,1-2,5,7H2. The summed E-state index contributed by atoms with van der Waals surface area (Å²) in [6.45, 7) is 1.01. The first-order chi connectivity index (χ1) is 8.08. The molecule has 0 saturated carbocycles. The van der Waals surface area contributed by atoms with Crippen LogP contribution in [0.1, 0.15) is 23.2 Å². The smallest absolute Gasteiger partial charge is 0.253 e. The molecular weight excluding hydrogens is 242 g/mol. The first-order valence-electron chi connectivity index (χ1n) is 5.54. The molecule has 5 heteroatoms. The van der Waals surface area contributed by atoms with Gasteiger partial charge < -0.3 is 15.1 Å². The number of phenolic OH excluding ortho intramolecular Hbond substituents is 1. The Hall–Kier alpha value is -1.26. The van der Waals surface area contributed by atoms with Crippen molar-refractivity contribution >= 4 is 17.5 Å². The number of aliphatic hydroxyl groups excluding tert-OH is 1. The fourth-order valence-electron chi connectivity index (χ4n) is 1.96. The van der Waals surface area contributed by atoms with Crippen molar-refractivity contribution in [2.45, 2.75) is 18.9 Å². The van der Waals surface area contributed by atoms with Gasteiger partial charge in [0.25, 0.3) is 5.91 Å². The average Bonchev–Trinajstić information content (AvgIpc) is 2.32. The number of halogens is 1. The summed E-state index contributed by atoms with van der Waals surface area (Å²) in [7, 11) is 0. The highest BCUT2D eigenvalue weighted by Crippen LogP contribution is 2.24. The Morgan fingerprint density at radius 1 is 1.47 bits per heavy atom. The normalized spacial score (nSPS) is 20.4. The van der Waals surface area contributed by atoms with E-state index in [1.165, 1.54) is 18.2 Å². The molecule has 1 amide bonds. The van der Waals surface area contributed by atoms with E-state index in [0.717, 1.165) is 12.8 Å². The summed E-state index contributed by atoms with van der Waals surface area (Å²) in [6, 6.07) is 4.38. The Balaban J connectivity index is 2.15. The van der Waals surface area contributed by atoms with Crippen LogP contribution in [0.3, 0.4) is 0 Å². The van der Waals surface area contributed by atoms with Gasteiger partial charge in [-0.15, -0.1) is 0 Å². The molecule has 0 radical (unpaired) electrons. The average molecular weight is 256 g/mol. The van der Waals surface area contributed by atoms with E-state index in [0.29, 0.717) is 18.7 Å². The molecule has 1 heterocycles. The summed E-state index contributed by atoms with van der Waals surface area (Å²) < 4.78 is 0. The number of aliphatic hydroxyl groups is 1. The molecule has 1 aromatic carbocycles. The summed E-state index contributed by atoms with van der Waals surface area (Å²) in [5.41, 5.74) is 0.432. The maximum absolute atomic E-state index is 12.1. The van der Waals surface area contributed by atoms with Crippen LogP contribution in [-0.2, 0) is 0 Å². The number of benzene rings is 1. The van der Waals surface area contributed by atoms with Crippen LogP contribution in [0.4, 0.5) is 0 Å². The third kappa shape index (κ3) is 2.70. The molecule has 92 valence electrons. The molecule has 0 spiro atoms. The number of rotatable bonds is 1. The van der Waals surface area contributed by atoms with Gasteiger partial charge in [-0.3, -0.25) is 4.79 Å². The van der Waals surface area contributed by atoms with Crippen LogP contribution in [0.5, 0.6) is 5.75 Å². The lowest BCUT2D eigenvalue weighted by molar-refractivity contribution is 0.0474. The zero-order valence-corrected chi connectivity index (χ0v) is 10.0. The predicted molar refractivity (Wildman–Crippen MR) is 64.3 cm³/mol. The number of carbonyl (C=O) groups excluding carboxylic acids is 1. The lowest BCUT2D eigenvalue weighted by atomic mass is 10.1. The summed E-state index contributed by atoms with van der Waals surface area (Å²) in [4.78, 5) is 13.7. The molecule has 0 aromatic heterocycles. The Morgan fingerprint density at radius 2 is 2.24 bits per heavy atom. The van der Waals surface area contributed by atoms with E-state index in [1.807, 2.05) is 0 Å². The van der Waals surface area contributed by atoms with Crippen LogP contribution in [0.2, 0.25) is 5.02 Å². The third-order valence-electron chi connectivity index (χ3n) is 2.88. The minimum Gasteiger partial charge on any atom is -0.506 e. The molecule has 0 aliphatic carbocycles. The van der Waals surface area contributed by atoms with E-state index in [9.17, 15) is 15.0 Å². The van der Waals surface area contributed by atoms with Gasteiger partial charge in [-0.2, -0.15) is 0 Å². The van der Waals surface area contributed by atoms with Crippen molar-refractivity contribution in [2.75, 3.05) is 13.1 Å². The highest BCUT2D eigenvalue weighted by atomic mass is 35.5. The van der Waals surface area contributed by atoms with Crippen molar-refractivity contribution in [2.24, 2.45) is 0 Å². The van der Waals surface area contributed by atoms with Crippen molar-refractivity contribution in [3.63, 3.8) is 0 Å². The van der Waals surface area contributed by atoms with Gasteiger partial charge in [0.1, 0.15) is 5.75 Å². The van der Waals surface area contributed by atoms with E-state index in [4.69, 9.17) is 11.6 Å². The van der Waals surface area contributed by atoms with E-state index in [2.05, 4.69) is 0 Å². The number of carbonyl (C=O) groups is 1. The Kier molecular flexibility index (Phi) is 3.54. The second kappa shape index (κ2) is 4.94. The molecule has 2 rings (SSSR count). The highest BCUT2D eigenvalue weighted by molar-refractivity contribution is 6.32. The monoisotopic (exact) mass is 255 g/mol. The molecule has 1 atom stereocenters. The molecule has 1 aromatic rings. The minimum atomic E-state index is -0.444. The van der Waals surface area contributed by atoms with Gasteiger partial charge in [0.2, 0.25) is 0 Å². The topological polar surface area (TPSA) is 60.8 Å². The van der Waals surface area contributed by atoms with Crippen LogP contribution in [0, 0.1) is 0 Å². The predicted octanol–water partition coefficient (Wildman–Crippen LogP) is 1.64. The number of hydrogen-bond donors (Lipinski definition) is 2. The van der Waals surface area contributed by atoms with E-state index >= 15 is 0 Å². The van der Waals surface area contributed by atoms with Crippen molar-refractivity contribution < 1.29 is 15.0 Å². The summed E-state index contributed by atoms with van der Waals surface area (Å²) in [6.07, 6.45) is 1.10. The molecule has 1 fully saturated rings. The largest absolute Gasteiger partial charge is 0.506 e. The van der Waals surface area contributed by atoms with Crippen LogP contribution >= 0.6 is 11.6 Å². The van der Waals surface area contributed by atoms with Crippen LogP contribution in [0.25, 0.3) is 0 Å². The van der Waals surface area contributed by atoms with Crippen molar-refractivity contribution in [1.82, 2.24) is 4.90 Å². The number of amides is 1. The van der Waals surface area contributed by atoms with Crippen molar-refractivity contribution in [1.29, 1.82) is 0 Å². The number of nitrogens with zero attached hydrogens (tertiary/aromatic N) is 1. The van der Waals surface area contributed by atoms with Gasteiger partial charge in [0.05, 0.1) is 11.1 Å². The van der Waals surface area contributed by atoms with Gasteiger partial charge in [-0.05, 0) is 31.0 Å². The van der Waals surface area contributed by atoms with Gasteiger partial charge in [-0.1, -0.05) is 11.6 Å². The Bertz CT molecular complexity index is 436. The maximum Gasteiger partial charge on any atom is 0.253 e. The first-order valence-corrected chi connectivity index (χ1v) is 5.91. The lowest BCUT2D eigenvalue weighted by Gasteiger charge is -2.30. The van der Waals surface area contributed by atoms with Crippen LogP contribution in [-0.4, -0.2) is 40.2 Å². The molecule has 0 bridgehead atoms. The molecule has 1 saturated heterocycles. The van der Waals surface area contributed by atoms with Gasteiger partial charge >= 0.3 is 0 Å². The molecule has 4 nitrogen and oxygen atoms in total. The van der Waals surface area contributed by atoms with Gasteiger partial charge in [0, 0.05) is 18.7 Å². The zero-order valence-electron chi connectivity index (χ0n) is 9.27. The van der Waals surface area contributed by atoms with Crippen molar-refractivity contribution in [3.05, 3.63) is 28.8 Å². The minimum absolute atomic E-state index is 0.0399. The molecule has 1 aliphatic heterocycles. The molecule has 2 N–H and O–H groups in total. The number of β-amino-alcohol motifs (C(OH)–C–C–N with tert-alkyl or cyclic N) is 1. The first kappa shape index (κ1) is 12.2. The summed E-state index contributed by atoms with van der Waals surface area (Å²) in [5.74, 6) is -0.201. The lowest BCUT2D eigenvalue weighted by Crippen LogP contribution is -2.42. The summed E-state index contributed by atoms with van der Waals surface area (Å²) >= 11 is 5.76. The molecule has 17 heavy (non-hydrogen) atoms. The second-order valence-electron chi connectivity index (χ2n) is 4.21. The zero-order chi connectivity index (χ0) is 12.4. The number of hydrogen-bond acceptors (Lipinski definition) is 3. The number of piperidine rings is 1.